The molecule has 1 aliphatic rings. The number of oxazole rings is 1. The van der Waals surface area contributed by atoms with Crippen LogP contribution in [-0.4, -0.2) is 28.5 Å². The SMILES string of the molecule is C=CCCC(=O)N1CCC(n2c(=O)oc3ccc(C(C)(C)C)cc32)CC1. The minimum atomic E-state index is -0.303. The van der Waals surface area contributed by atoms with Crippen LogP contribution in [0.4, 0.5) is 0 Å². The third-order valence-electron chi connectivity index (χ3n) is 5.22. The number of rotatable bonds is 4. The van der Waals surface area contributed by atoms with Gasteiger partial charge in [-0.2, -0.15) is 0 Å². The second kappa shape index (κ2) is 7.14. The van der Waals surface area contributed by atoms with Gasteiger partial charge in [0, 0.05) is 25.6 Å². The van der Waals surface area contributed by atoms with E-state index in [1.165, 1.54) is 5.56 Å². The second-order valence-corrected chi connectivity index (χ2v) is 8.11. The van der Waals surface area contributed by atoms with Crippen LogP contribution in [0.3, 0.4) is 0 Å². The van der Waals surface area contributed by atoms with E-state index in [-0.39, 0.29) is 23.1 Å². The minimum Gasteiger partial charge on any atom is -0.408 e. The van der Waals surface area contributed by atoms with E-state index in [4.69, 9.17) is 4.42 Å². The van der Waals surface area contributed by atoms with E-state index >= 15 is 0 Å². The zero-order valence-electron chi connectivity index (χ0n) is 16.0. The molecule has 2 aromatic rings. The standard InChI is InChI=1S/C21H28N2O3/c1-5-6-7-19(24)22-12-10-16(11-13-22)23-17-14-15(21(2,3)4)8-9-18(17)26-20(23)25/h5,8-9,14,16H,1,6-7,10-13H2,2-4H3. The molecular formula is C21H28N2O3. The van der Waals surface area contributed by atoms with Crippen LogP contribution in [-0.2, 0) is 10.2 Å². The lowest BCUT2D eigenvalue weighted by molar-refractivity contribution is -0.132. The Morgan fingerprint density at radius 3 is 2.62 bits per heavy atom. The van der Waals surface area contributed by atoms with E-state index < -0.39 is 0 Å². The van der Waals surface area contributed by atoms with Gasteiger partial charge in [0.2, 0.25) is 5.91 Å². The molecule has 140 valence electrons. The number of hydrogen-bond donors (Lipinski definition) is 0. The number of likely N-dealkylation sites (tertiary alicyclic amines) is 1. The molecule has 0 N–H and O–H groups in total. The van der Waals surface area contributed by atoms with Crippen molar-refractivity contribution in [2.24, 2.45) is 0 Å². The van der Waals surface area contributed by atoms with Crippen LogP contribution in [0.1, 0.15) is 58.1 Å². The molecule has 26 heavy (non-hydrogen) atoms. The molecule has 0 unspecified atom stereocenters. The number of amides is 1. The van der Waals surface area contributed by atoms with E-state index in [2.05, 4.69) is 33.4 Å². The van der Waals surface area contributed by atoms with Gasteiger partial charge in [-0.05, 0) is 42.4 Å². The summed E-state index contributed by atoms with van der Waals surface area (Å²) in [5, 5.41) is 0. The van der Waals surface area contributed by atoms with Crippen molar-refractivity contribution in [3.05, 3.63) is 47.0 Å². The molecule has 2 heterocycles. The zero-order valence-corrected chi connectivity index (χ0v) is 16.0. The van der Waals surface area contributed by atoms with Crippen molar-refractivity contribution in [2.75, 3.05) is 13.1 Å². The summed E-state index contributed by atoms with van der Waals surface area (Å²) in [6.45, 7) is 11.5. The van der Waals surface area contributed by atoms with Gasteiger partial charge in [0.05, 0.1) is 5.52 Å². The topological polar surface area (TPSA) is 55.5 Å². The lowest BCUT2D eigenvalue weighted by atomic mass is 9.87. The van der Waals surface area contributed by atoms with Crippen LogP contribution in [0, 0.1) is 0 Å². The summed E-state index contributed by atoms with van der Waals surface area (Å²) < 4.78 is 7.25. The maximum Gasteiger partial charge on any atom is 0.420 e. The molecule has 5 heteroatoms. The molecule has 0 radical (unpaired) electrons. The van der Waals surface area contributed by atoms with Crippen LogP contribution in [0.25, 0.3) is 11.1 Å². The maximum atomic E-state index is 12.5. The van der Waals surface area contributed by atoms with Gasteiger partial charge in [0.15, 0.2) is 5.58 Å². The first-order valence-corrected chi connectivity index (χ1v) is 9.35. The number of benzene rings is 1. The highest BCUT2D eigenvalue weighted by atomic mass is 16.4. The van der Waals surface area contributed by atoms with Crippen molar-refractivity contribution in [3.8, 4) is 0 Å². The summed E-state index contributed by atoms with van der Waals surface area (Å²) in [5.41, 5.74) is 2.68. The van der Waals surface area contributed by atoms with Crippen molar-refractivity contribution in [2.45, 2.75) is 57.9 Å². The van der Waals surface area contributed by atoms with Crippen molar-refractivity contribution < 1.29 is 9.21 Å². The van der Waals surface area contributed by atoms with Gasteiger partial charge in [0.1, 0.15) is 0 Å². The molecule has 1 fully saturated rings. The summed E-state index contributed by atoms with van der Waals surface area (Å²) in [6.07, 6.45) is 4.54. The van der Waals surface area contributed by atoms with Crippen molar-refractivity contribution in [3.63, 3.8) is 0 Å². The first kappa shape index (κ1) is 18.5. The van der Waals surface area contributed by atoms with Crippen LogP contribution in [0.2, 0.25) is 0 Å². The van der Waals surface area contributed by atoms with Gasteiger partial charge in [-0.25, -0.2) is 4.79 Å². The minimum absolute atomic E-state index is 0.00722. The molecule has 5 nitrogen and oxygen atoms in total. The molecule has 3 rings (SSSR count). The molecule has 1 amide bonds. The molecule has 1 aliphatic heterocycles. The van der Waals surface area contributed by atoms with Crippen LogP contribution >= 0.6 is 0 Å². The fourth-order valence-electron chi connectivity index (χ4n) is 3.60. The largest absolute Gasteiger partial charge is 0.420 e. The average molecular weight is 356 g/mol. The molecule has 1 saturated heterocycles. The van der Waals surface area contributed by atoms with E-state index in [0.29, 0.717) is 31.5 Å². The van der Waals surface area contributed by atoms with E-state index in [9.17, 15) is 9.59 Å². The Morgan fingerprint density at radius 1 is 1.31 bits per heavy atom. The Hall–Kier alpha value is -2.30. The summed E-state index contributed by atoms with van der Waals surface area (Å²) in [7, 11) is 0. The number of fused-ring (bicyclic) bond motifs is 1. The highest BCUT2D eigenvalue weighted by molar-refractivity contribution is 5.76. The van der Waals surface area contributed by atoms with Gasteiger partial charge in [0.25, 0.3) is 0 Å². The van der Waals surface area contributed by atoms with Gasteiger partial charge in [-0.1, -0.05) is 32.9 Å². The number of piperidine rings is 1. The molecule has 0 spiro atoms. The lowest BCUT2D eigenvalue weighted by Gasteiger charge is -2.32. The number of allylic oxidation sites excluding steroid dienone is 1. The average Bonchev–Trinajstić information content (AvgIpc) is 2.94. The Labute approximate surface area is 154 Å². The van der Waals surface area contributed by atoms with E-state index in [1.807, 2.05) is 17.0 Å². The molecule has 1 aromatic carbocycles. The van der Waals surface area contributed by atoms with Crippen LogP contribution < -0.4 is 5.76 Å². The van der Waals surface area contributed by atoms with Crippen LogP contribution in [0.5, 0.6) is 0 Å². The summed E-state index contributed by atoms with van der Waals surface area (Å²) >= 11 is 0. The summed E-state index contributed by atoms with van der Waals surface area (Å²) in [4.78, 5) is 26.5. The van der Waals surface area contributed by atoms with Crippen molar-refractivity contribution in [1.82, 2.24) is 9.47 Å². The Balaban J connectivity index is 1.83. The molecule has 0 bridgehead atoms. The predicted octanol–water partition coefficient (Wildman–Crippen LogP) is 4.02. The van der Waals surface area contributed by atoms with Crippen molar-refractivity contribution in [1.29, 1.82) is 0 Å². The molecule has 0 saturated carbocycles. The second-order valence-electron chi connectivity index (χ2n) is 8.11. The first-order valence-electron chi connectivity index (χ1n) is 9.35. The highest BCUT2D eigenvalue weighted by Gasteiger charge is 2.27. The van der Waals surface area contributed by atoms with Gasteiger partial charge >= 0.3 is 5.76 Å². The van der Waals surface area contributed by atoms with Gasteiger partial charge in [-0.3, -0.25) is 9.36 Å². The third-order valence-corrected chi connectivity index (χ3v) is 5.22. The maximum absolute atomic E-state index is 12.5. The molecule has 0 aliphatic carbocycles. The number of carbonyl (C=O) groups excluding carboxylic acids is 1. The lowest BCUT2D eigenvalue weighted by Crippen LogP contribution is -2.40. The Kier molecular flexibility index (Phi) is 5.08. The van der Waals surface area contributed by atoms with Gasteiger partial charge in [-0.15, -0.1) is 6.58 Å². The monoisotopic (exact) mass is 356 g/mol. The summed E-state index contributed by atoms with van der Waals surface area (Å²) in [5.74, 6) is -0.134. The number of nitrogens with zero attached hydrogens (tertiary/aromatic N) is 2. The molecule has 1 aromatic heterocycles. The normalized spacial score (nSPS) is 16.2. The number of aromatic nitrogens is 1. The quantitative estimate of drug-likeness (QED) is 0.778. The number of hydrogen-bond acceptors (Lipinski definition) is 3. The summed E-state index contributed by atoms with van der Waals surface area (Å²) in [6, 6.07) is 6.06. The fraction of sp³-hybridized carbons (Fsp3) is 0.524. The zero-order chi connectivity index (χ0) is 18.9. The smallest absolute Gasteiger partial charge is 0.408 e. The fourth-order valence-corrected chi connectivity index (χ4v) is 3.60. The third kappa shape index (κ3) is 3.62. The van der Waals surface area contributed by atoms with Crippen molar-refractivity contribution >= 4 is 17.0 Å². The number of carbonyl (C=O) groups is 1. The highest BCUT2D eigenvalue weighted by Crippen LogP contribution is 2.30. The Morgan fingerprint density at radius 2 is 2.00 bits per heavy atom. The van der Waals surface area contributed by atoms with E-state index in [0.717, 1.165) is 18.4 Å². The Bertz CT molecular complexity index is 861. The predicted molar refractivity (Wildman–Crippen MR) is 103 cm³/mol. The first-order chi connectivity index (χ1) is 12.3. The van der Waals surface area contributed by atoms with E-state index in [1.54, 1.807) is 10.6 Å². The molecular weight excluding hydrogens is 328 g/mol. The van der Waals surface area contributed by atoms with Crippen LogP contribution in [0.15, 0.2) is 40.1 Å². The van der Waals surface area contributed by atoms with Gasteiger partial charge < -0.3 is 9.32 Å². The molecule has 0 atom stereocenters.